The van der Waals surface area contributed by atoms with Crippen LogP contribution in [0.25, 0.3) is 0 Å². The number of aliphatic hydroxyl groups is 1. The van der Waals surface area contributed by atoms with Crippen LogP contribution in [-0.2, 0) is 0 Å². The molecule has 2 nitrogen and oxygen atoms in total. The molecule has 1 aliphatic heterocycles. The monoisotopic (exact) mass is 251 g/mol. The summed E-state index contributed by atoms with van der Waals surface area (Å²) in [6.07, 6.45) is 5.14. The second-order valence-electron chi connectivity index (χ2n) is 5.15. The van der Waals surface area contributed by atoms with Crippen molar-refractivity contribution in [1.82, 2.24) is 4.90 Å². The van der Waals surface area contributed by atoms with Crippen molar-refractivity contribution in [3.8, 4) is 0 Å². The molecule has 1 heterocycles. The number of likely N-dealkylation sites (tertiary alicyclic amines) is 1. The highest BCUT2D eigenvalue weighted by atomic mass is 19.1. The summed E-state index contributed by atoms with van der Waals surface area (Å²) in [6.45, 7) is 3.25. The lowest BCUT2D eigenvalue weighted by Gasteiger charge is -2.25. The van der Waals surface area contributed by atoms with Crippen molar-refractivity contribution < 1.29 is 9.50 Å². The third-order valence-electron chi connectivity index (χ3n) is 3.74. The van der Waals surface area contributed by atoms with Crippen LogP contribution in [-0.4, -0.2) is 36.2 Å². The molecule has 0 spiro atoms. The quantitative estimate of drug-likeness (QED) is 0.889. The van der Waals surface area contributed by atoms with E-state index in [1.165, 1.54) is 37.8 Å². The lowest BCUT2D eigenvalue weighted by atomic mass is 9.99. The summed E-state index contributed by atoms with van der Waals surface area (Å²) in [5, 5.41) is 9.53. The Labute approximate surface area is 108 Å². The molecule has 0 saturated carbocycles. The topological polar surface area (TPSA) is 23.5 Å². The molecule has 2 rings (SSSR count). The zero-order valence-electron chi connectivity index (χ0n) is 10.8. The van der Waals surface area contributed by atoms with E-state index in [9.17, 15) is 9.50 Å². The second kappa shape index (κ2) is 6.86. The van der Waals surface area contributed by atoms with Gasteiger partial charge >= 0.3 is 0 Å². The van der Waals surface area contributed by atoms with Crippen molar-refractivity contribution in [2.45, 2.75) is 31.6 Å². The molecule has 0 aliphatic carbocycles. The van der Waals surface area contributed by atoms with Gasteiger partial charge in [0.25, 0.3) is 0 Å². The summed E-state index contributed by atoms with van der Waals surface area (Å²) in [5.74, 6) is -0.117. The second-order valence-corrected chi connectivity index (χ2v) is 5.15. The lowest BCUT2D eigenvalue weighted by molar-refractivity contribution is 0.203. The van der Waals surface area contributed by atoms with E-state index >= 15 is 0 Å². The van der Waals surface area contributed by atoms with Crippen molar-refractivity contribution in [2.75, 3.05) is 26.2 Å². The minimum Gasteiger partial charge on any atom is -0.396 e. The van der Waals surface area contributed by atoms with Gasteiger partial charge in [0, 0.05) is 12.5 Å². The summed E-state index contributed by atoms with van der Waals surface area (Å²) in [5.41, 5.74) is 1.03. The van der Waals surface area contributed by atoms with E-state index in [2.05, 4.69) is 4.90 Å². The van der Waals surface area contributed by atoms with Crippen molar-refractivity contribution >= 4 is 0 Å². The molecule has 1 atom stereocenters. The first-order chi connectivity index (χ1) is 8.79. The van der Waals surface area contributed by atoms with Crippen molar-refractivity contribution in [3.63, 3.8) is 0 Å². The molecule has 0 radical (unpaired) electrons. The smallest absolute Gasteiger partial charge is 0.123 e. The Morgan fingerprint density at radius 2 is 1.67 bits per heavy atom. The van der Waals surface area contributed by atoms with Crippen LogP contribution in [0.2, 0.25) is 0 Å². The first-order valence-corrected chi connectivity index (χ1v) is 6.88. The van der Waals surface area contributed by atoms with Crippen LogP contribution in [0.4, 0.5) is 4.39 Å². The van der Waals surface area contributed by atoms with Crippen molar-refractivity contribution in [2.24, 2.45) is 0 Å². The Morgan fingerprint density at radius 3 is 2.22 bits per heavy atom. The van der Waals surface area contributed by atoms with Gasteiger partial charge in [-0.2, -0.15) is 0 Å². The molecule has 1 saturated heterocycles. The Morgan fingerprint density at radius 1 is 1.06 bits per heavy atom. The number of nitrogens with zero attached hydrogens (tertiary/aromatic N) is 1. The molecule has 100 valence electrons. The fourth-order valence-electron chi connectivity index (χ4n) is 2.63. The molecular formula is C15H22FNO. The minimum absolute atomic E-state index is 0.101. The van der Waals surface area contributed by atoms with Crippen LogP contribution in [0, 0.1) is 5.82 Å². The molecule has 0 aromatic heterocycles. The number of halogens is 1. The molecule has 1 N–H and O–H groups in total. The van der Waals surface area contributed by atoms with Gasteiger partial charge in [-0.1, -0.05) is 25.0 Å². The summed E-state index contributed by atoms with van der Waals surface area (Å²) < 4.78 is 12.9. The average Bonchev–Trinajstić information content (AvgIpc) is 2.66. The molecule has 3 heteroatoms. The van der Waals surface area contributed by atoms with Crippen LogP contribution in [0.15, 0.2) is 24.3 Å². The van der Waals surface area contributed by atoms with Gasteiger partial charge in [0.2, 0.25) is 0 Å². The highest BCUT2D eigenvalue weighted by Gasteiger charge is 2.16. The van der Waals surface area contributed by atoms with Crippen LogP contribution in [0.5, 0.6) is 0 Å². The predicted octanol–water partition coefficient (Wildman–Crippen LogP) is 2.78. The fraction of sp³-hybridized carbons (Fsp3) is 0.600. The van der Waals surface area contributed by atoms with Gasteiger partial charge in [-0.05, 0) is 43.6 Å². The van der Waals surface area contributed by atoms with Crippen LogP contribution in [0.3, 0.4) is 0 Å². The minimum atomic E-state index is -0.217. The standard InChI is InChI=1S/C15H22FNO/c16-15-7-5-13(6-8-15)14(12-18)11-17-9-3-1-2-4-10-17/h5-8,14,18H,1-4,9-12H2. The lowest BCUT2D eigenvalue weighted by Crippen LogP contribution is -2.31. The normalized spacial score (nSPS) is 19.4. The van der Waals surface area contributed by atoms with Crippen molar-refractivity contribution in [3.05, 3.63) is 35.6 Å². The Kier molecular flexibility index (Phi) is 5.14. The largest absolute Gasteiger partial charge is 0.396 e. The van der Waals surface area contributed by atoms with Gasteiger partial charge < -0.3 is 10.0 Å². The number of hydrogen-bond acceptors (Lipinski definition) is 2. The number of rotatable bonds is 4. The summed E-state index contributed by atoms with van der Waals surface area (Å²) in [4.78, 5) is 2.43. The van der Waals surface area contributed by atoms with E-state index in [1.807, 2.05) is 0 Å². The maximum Gasteiger partial charge on any atom is 0.123 e. The van der Waals surface area contributed by atoms with Crippen molar-refractivity contribution in [1.29, 1.82) is 0 Å². The molecule has 1 aromatic rings. The van der Waals surface area contributed by atoms with E-state index in [4.69, 9.17) is 0 Å². The first kappa shape index (κ1) is 13.5. The third kappa shape index (κ3) is 3.79. The third-order valence-corrected chi connectivity index (χ3v) is 3.74. The SMILES string of the molecule is OCC(CN1CCCCCC1)c1ccc(F)cc1. The maximum atomic E-state index is 12.9. The van der Waals surface area contributed by atoms with Crippen LogP contribution >= 0.6 is 0 Å². The highest BCUT2D eigenvalue weighted by Crippen LogP contribution is 2.19. The van der Waals surface area contributed by atoms with Crippen LogP contribution in [0.1, 0.15) is 37.2 Å². The fourth-order valence-corrected chi connectivity index (χ4v) is 2.63. The molecule has 1 aliphatic rings. The van der Waals surface area contributed by atoms with Gasteiger partial charge in [0.05, 0.1) is 6.61 Å². The van der Waals surface area contributed by atoms with E-state index in [1.54, 1.807) is 12.1 Å². The van der Waals surface area contributed by atoms with Gasteiger partial charge in [-0.15, -0.1) is 0 Å². The number of hydrogen-bond donors (Lipinski definition) is 1. The van der Waals surface area contributed by atoms with Gasteiger partial charge in [-0.25, -0.2) is 4.39 Å². The van der Waals surface area contributed by atoms with Gasteiger partial charge in [0.1, 0.15) is 5.82 Å². The van der Waals surface area contributed by atoms with Crippen LogP contribution < -0.4 is 0 Å². The Hall–Kier alpha value is -0.930. The van der Waals surface area contributed by atoms with E-state index in [0.717, 1.165) is 25.2 Å². The molecule has 0 bridgehead atoms. The highest BCUT2D eigenvalue weighted by molar-refractivity contribution is 5.21. The zero-order chi connectivity index (χ0) is 12.8. The molecule has 1 unspecified atom stereocenters. The Bertz CT molecular complexity index is 344. The average molecular weight is 251 g/mol. The van der Waals surface area contributed by atoms with Gasteiger partial charge in [-0.3, -0.25) is 0 Å². The molecule has 1 fully saturated rings. The summed E-state index contributed by atoms with van der Waals surface area (Å²) >= 11 is 0. The van der Waals surface area contributed by atoms with E-state index in [-0.39, 0.29) is 18.3 Å². The zero-order valence-corrected chi connectivity index (χ0v) is 10.8. The first-order valence-electron chi connectivity index (χ1n) is 6.88. The Balaban J connectivity index is 1.97. The predicted molar refractivity (Wildman–Crippen MR) is 71.1 cm³/mol. The summed E-state index contributed by atoms with van der Waals surface area (Å²) in [7, 11) is 0. The van der Waals surface area contributed by atoms with Gasteiger partial charge in [0.15, 0.2) is 0 Å². The molecular weight excluding hydrogens is 229 g/mol. The molecule has 1 aromatic carbocycles. The van der Waals surface area contributed by atoms with E-state index in [0.29, 0.717) is 0 Å². The molecule has 0 amide bonds. The van der Waals surface area contributed by atoms with E-state index < -0.39 is 0 Å². The number of benzene rings is 1. The molecule has 18 heavy (non-hydrogen) atoms. The summed E-state index contributed by atoms with van der Waals surface area (Å²) in [6, 6.07) is 6.52. The number of aliphatic hydroxyl groups excluding tert-OH is 1. The maximum absolute atomic E-state index is 12.9.